The van der Waals surface area contributed by atoms with Gasteiger partial charge in [0.25, 0.3) is 6.48 Å². The van der Waals surface area contributed by atoms with Gasteiger partial charge in [0, 0.05) is 18.2 Å². The van der Waals surface area contributed by atoms with Crippen molar-refractivity contribution in [1.29, 1.82) is 0 Å². The second-order valence-corrected chi connectivity index (χ2v) is 7.16. The first kappa shape index (κ1) is 24.6. The van der Waals surface area contributed by atoms with Crippen LogP contribution in [0.4, 0.5) is 15.8 Å². The lowest BCUT2D eigenvalue weighted by molar-refractivity contribution is -0.333. The molecule has 0 amide bonds. The molecule has 2 aromatic carbocycles. The molecular formula is C21H23FN4O6S. The van der Waals surface area contributed by atoms with Crippen LogP contribution in [0.15, 0.2) is 58.8 Å². The van der Waals surface area contributed by atoms with Crippen molar-refractivity contribution in [2.75, 3.05) is 12.4 Å². The molecule has 0 saturated heterocycles. The topological polar surface area (TPSA) is 130 Å². The fourth-order valence-electron chi connectivity index (χ4n) is 3.02. The first-order valence-electron chi connectivity index (χ1n) is 9.76. The van der Waals surface area contributed by atoms with E-state index in [-0.39, 0.29) is 28.6 Å². The highest BCUT2D eigenvalue weighted by atomic mass is 32.1. The van der Waals surface area contributed by atoms with Gasteiger partial charge >= 0.3 is 0 Å². The third-order valence-electron chi connectivity index (χ3n) is 4.44. The van der Waals surface area contributed by atoms with E-state index in [1.165, 1.54) is 36.8 Å². The predicted molar refractivity (Wildman–Crippen MR) is 121 cm³/mol. The van der Waals surface area contributed by atoms with E-state index in [0.717, 1.165) is 0 Å². The minimum absolute atomic E-state index is 0.0314. The van der Waals surface area contributed by atoms with Crippen LogP contribution in [0.5, 0.6) is 5.88 Å². The van der Waals surface area contributed by atoms with Crippen LogP contribution >= 0.6 is 12.2 Å². The Bertz CT molecular complexity index is 1130. The number of azo groups is 1. The van der Waals surface area contributed by atoms with Gasteiger partial charge in [0.15, 0.2) is 18.3 Å². The highest BCUT2D eigenvalue weighted by molar-refractivity contribution is 7.80. The molecule has 1 heterocycles. The number of nitrogens with zero attached hydrogens (tertiary/aromatic N) is 3. The van der Waals surface area contributed by atoms with E-state index in [1.807, 2.05) is 18.2 Å². The molecule has 3 aromatic rings. The number of fused-ring (bicyclic) bond motifs is 1. The summed E-state index contributed by atoms with van der Waals surface area (Å²) in [5.74, 6) is -0.927. The lowest BCUT2D eigenvalue weighted by atomic mass is 10.2. The summed E-state index contributed by atoms with van der Waals surface area (Å²) in [7, 11) is 1.23. The normalized spacial score (nSPS) is 14.5. The highest BCUT2D eigenvalue weighted by Crippen LogP contribution is 2.39. The molecule has 3 atom stereocenters. The van der Waals surface area contributed by atoms with E-state index >= 15 is 0 Å². The van der Waals surface area contributed by atoms with Crippen LogP contribution in [0.3, 0.4) is 0 Å². The summed E-state index contributed by atoms with van der Waals surface area (Å²) in [6.07, 6.45) is -2.49. The molecule has 0 aliphatic carbocycles. The largest absolute Gasteiger partial charge is 0.493 e. The summed E-state index contributed by atoms with van der Waals surface area (Å²) in [4.78, 5) is 0. The number of thiocarbonyl (C=S) groups is 1. The monoisotopic (exact) mass is 478 g/mol. The van der Waals surface area contributed by atoms with Gasteiger partial charge in [-0.3, -0.25) is 0 Å². The zero-order chi connectivity index (χ0) is 24.0. The summed E-state index contributed by atoms with van der Waals surface area (Å²) in [5, 5.41) is 41.4. The number of aromatic hydroxyl groups is 1. The van der Waals surface area contributed by atoms with Crippen molar-refractivity contribution in [3.63, 3.8) is 0 Å². The average Bonchev–Trinajstić information content (AvgIpc) is 3.02. The lowest BCUT2D eigenvalue weighted by Gasteiger charge is -2.21. The second-order valence-electron chi connectivity index (χ2n) is 6.78. The number of benzene rings is 2. The van der Waals surface area contributed by atoms with Crippen LogP contribution in [0.2, 0.25) is 0 Å². The molecule has 4 N–H and O–H groups in total. The van der Waals surface area contributed by atoms with Crippen LogP contribution in [0.25, 0.3) is 10.9 Å². The van der Waals surface area contributed by atoms with Gasteiger partial charge in [-0.1, -0.05) is 18.2 Å². The maximum absolute atomic E-state index is 13.9. The van der Waals surface area contributed by atoms with E-state index < -0.39 is 24.9 Å². The summed E-state index contributed by atoms with van der Waals surface area (Å²) < 4.78 is 29.9. The quantitative estimate of drug-likeness (QED) is 0.209. The number of hydrogen-bond donors (Lipinski definition) is 4. The highest BCUT2D eigenvalue weighted by Gasteiger charge is 2.21. The molecule has 0 fully saturated rings. The third-order valence-corrected chi connectivity index (χ3v) is 4.62. The Balaban J connectivity index is 1.82. The molecule has 3 rings (SSSR count). The van der Waals surface area contributed by atoms with Gasteiger partial charge in [0.1, 0.15) is 5.82 Å². The molecule has 0 aliphatic heterocycles. The number of hydrogen-bond acceptors (Lipinski definition) is 8. The number of aromatic nitrogens is 1. The predicted octanol–water partition coefficient (Wildman–Crippen LogP) is 3.59. The van der Waals surface area contributed by atoms with Gasteiger partial charge in [-0.25, -0.2) is 4.39 Å². The van der Waals surface area contributed by atoms with E-state index in [2.05, 4.69) is 20.3 Å². The zero-order valence-corrected chi connectivity index (χ0v) is 18.6. The maximum Gasteiger partial charge on any atom is 0.271 e. The molecule has 0 spiro atoms. The Hall–Kier alpha value is -3.00. The summed E-state index contributed by atoms with van der Waals surface area (Å²) in [5.41, 5.74) is 1.04. The Morgan fingerprint density at radius 1 is 1.18 bits per heavy atom. The van der Waals surface area contributed by atoms with Gasteiger partial charge in [0.05, 0.1) is 12.1 Å². The zero-order valence-electron chi connectivity index (χ0n) is 17.8. The van der Waals surface area contributed by atoms with Crippen LogP contribution in [-0.4, -0.2) is 51.2 Å². The van der Waals surface area contributed by atoms with Crippen LogP contribution in [-0.2, 0) is 20.8 Å². The van der Waals surface area contributed by atoms with Crippen LogP contribution in [0.1, 0.15) is 6.92 Å². The SMILES string of the molecule is COC(O)OC(C)OC(O)Cn1c(O)c(N=NC(=S)Nc2ccccc2)c2cc(F)ccc21. The van der Waals surface area contributed by atoms with Crippen molar-refractivity contribution >= 4 is 39.6 Å². The average molecular weight is 479 g/mol. The number of para-hydroxylation sites is 1. The van der Waals surface area contributed by atoms with Gasteiger partial charge < -0.3 is 39.4 Å². The standard InChI is InChI=1S/C21H23FN4O6S/c1-12(32-21(29)30-2)31-17(27)11-26-16-9-8-13(22)10-15(16)18(19(26)28)24-25-20(33)23-14-6-4-3-5-7-14/h3-10,12,17,21,27-29H,11H2,1-2H3,(H,23,33). The smallest absolute Gasteiger partial charge is 0.271 e. The van der Waals surface area contributed by atoms with E-state index in [4.69, 9.17) is 21.7 Å². The number of halogens is 1. The number of rotatable bonds is 9. The number of methoxy groups -OCH3 is 1. The van der Waals surface area contributed by atoms with Gasteiger partial charge in [-0.05, 0) is 49.5 Å². The molecule has 0 bridgehead atoms. The van der Waals surface area contributed by atoms with Crippen molar-refractivity contribution < 1.29 is 33.9 Å². The number of nitrogens with one attached hydrogen (secondary N) is 1. The van der Waals surface area contributed by atoms with Gasteiger partial charge in [-0.2, -0.15) is 0 Å². The molecule has 3 unspecified atom stereocenters. The summed E-state index contributed by atoms with van der Waals surface area (Å²) >= 11 is 5.16. The molecule has 33 heavy (non-hydrogen) atoms. The lowest BCUT2D eigenvalue weighted by Crippen LogP contribution is -2.29. The molecule has 176 valence electrons. The molecule has 0 aliphatic rings. The van der Waals surface area contributed by atoms with Crippen LogP contribution in [0, 0.1) is 5.82 Å². The number of ether oxygens (including phenoxy) is 3. The first-order chi connectivity index (χ1) is 15.8. The Labute approximate surface area is 193 Å². The maximum atomic E-state index is 13.9. The Morgan fingerprint density at radius 2 is 1.91 bits per heavy atom. The van der Waals surface area contributed by atoms with Gasteiger partial charge in [-0.15, -0.1) is 10.2 Å². The fraction of sp³-hybridized carbons (Fsp3) is 0.286. The molecule has 0 saturated carbocycles. The van der Waals surface area contributed by atoms with Gasteiger partial charge in [0.2, 0.25) is 11.0 Å². The number of anilines is 1. The number of aliphatic hydroxyl groups is 2. The first-order valence-corrected chi connectivity index (χ1v) is 10.2. The number of aliphatic hydroxyl groups excluding tert-OH is 2. The van der Waals surface area contributed by atoms with Crippen molar-refractivity contribution in [3.8, 4) is 5.88 Å². The van der Waals surface area contributed by atoms with Crippen molar-refractivity contribution in [2.24, 2.45) is 10.2 Å². The molecule has 10 nitrogen and oxygen atoms in total. The van der Waals surface area contributed by atoms with Crippen molar-refractivity contribution in [3.05, 3.63) is 54.3 Å². The molecular weight excluding hydrogens is 455 g/mol. The second kappa shape index (κ2) is 11.2. The molecule has 0 radical (unpaired) electrons. The molecule has 12 heteroatoms. The van der Waals surface area contributed by atoms with E-state index in [1.54, 1.807) is 12.1 Å². The minimum atomic E-state index is -1.53. The minimum Gasteiger partial charge on any atom is -0.493 e. The van der Waals surface area contributed by atoms with E-state index in [0.29, 0.717) is 11.2 Å². The Morgan fingerprint density at radius 3 is 2.61 bits per heavy atom. The Kier molecular flexibility index (Phi) is 8.38. The third kappa shape index (κ3) is 6.51. The van der Waals surface area contributed by atoms with Crippen molar-refractivity contribution in [2.45, 2.75) is 32.5 Å². The molecule has 1 aromatic heterocycles. The van der Waals surface area contributed by atoms with Crippen molar-refractivity contribution in [1.82, 2.24) is 4.57 Å². The summed E-state index contributed by atoms with van der Waals surface area (Å²) in [6.45, 7) is -0.349. The fourth-order valence-corrected chi connectivity index (χ4v) is 3.18. The summed E-state index contributed by atoms with van der Waals surface area (Å²) in [6, 6.07) is 12.9. The van der Waals surface area contributed by atoms with E-state index in [9.17, 15) is 19.7 Å². The van der Waals surface area contributed by atoms with Crippen LogP contribution < -0.4 is 5.32 Å².